The lowest BCUT2D eigenvalue weighted by Crippen LogP contribution is -2.08. The largest absolute Gasteiger partial charge is 0.496 e. The standard InChI is InChI=1S/C15H14FNO2/c1-19-15-5-3-2-4-10(15)8-14(18)12-9-11(16)6-7-13(12)17/h2-7,9H,8,17H2,1H3. The highest BCUT2D eigenvalue weighted by Gasteiger charge is 2.13. The van der Waals surface area contributed by atoms with Gasteiger partial charge in [-0.3, -0.25) is 4.79 Å². The summed E-state index contributed by atoms with van der Waals surface area (Å²) < 4.78 is 18.3. The molecule has 0 radical (unpaired) electrons. The van der Waals surface area contributed by atoms with Gasteiger partial charge >= 0.3 is 0 Å². The summed E-state index contributed by atoms with van der Waals surface area (Å²) in [5.74, 6) is -0.0788. The van der Waals surface area contributed by atoms with Crippen molar-refractivity contribution in [3.63, 3.8) is 0 Å². The van der Waals surface area contributed by atoms with Gasteiger partial charge < -0.3 is 10.5 Å². The third-order valence-corrected chi connectivity index (χ3v) is 2.86. The first-order valence-corrected chi connectivity index (χ1v) is 5.82. The topological polar surface area (TPSA) is 52.3 Å². The second kappa shape index (κ2) is 5.52. The Kier molecular flexibility index (Phi) is 3.80. The van der Waals surface area contributed by atoms with Crippen LogP contribution in [0.25, 0.3) is 0 Å². The Morgan fingerprint density at radius 3 is 2.74 bits per heavy atom. The van der Waals surface area contributed by atoms with Gasteiger partial charge in [0.15, 0.2) is 5.78 Å². The first kappa shape index (κ1) is 13.1. The summed E-state index contributed by atoms with van der Waals surface area (Å²) in [4.78, 5) is 12.2. The molecule has 0 aliphatic rings. The van der Waals surface area contributed by atoms with Crippen LogP contribution in [-0.2, 0) is 6.42 Å². The molecular weight excluding hydrogens is 245 g/mol. The van der Waals surface area contributed by atoms with Crippen molar-refractivity contribution >= 4 is 11.5 Å². The van der Waals surface area contributed by atoms with E-state index in [1.807, 2.05) is 12.1 Å². The van der Waals surface area contributed by atoms with Crippen molar-refractivity contribution in [3.8, 4) is 5.75 Å². The van der Waals surface area contributed by atoms with Crippen molar-refractivity contribution in [2.45, 2.75) is 6.42 Å². The van der Waals surface area contributed by atoms with Gasteiger partial charge in [-0.25, -0.2) is 4.39 Å². The van der Waals surface area contributed by atoms with Crippen molar-refractivity contribution in [1.82, 2.24) is 0 Å². The Bertz CT molecular complexity index is 611. The van der Waals surface area contributed by atoms with Crippen LogP contribution in [0.3, 0.4) is 0 Å². The summed E-state index contributed by atoms with van der Waals surface area (Å²) in [6, 6.07) is 11.0. The number of nitrogens with two attached hydrogens (primary N) is 1. The minimum atomic E-state index is -0.474. The minimum Gasteiger partial charge on any atom is -0.496 e. The fourth-order valence-electron chi connectivity index (χ4n) is 1.89. The Morgan fingerprint density at radius 1 is 1.26 bits per heavy atom. The summed E-state index contributed by atoms with van der Waals surface area (Å²) in [7, 11) is 1.54. The molecule has 0 saturated carbocycles. The molecule has 0 amide bonds. The third-order valence-electron chi connectivity index (χ3n) is 2.86. The van der Waals surface area contributed by atoms with Gasteiger partial charge in [0.1, 0.15) is 11.6 Å². The molecule has 0 aliphatic heterocycles. The van der Waals surface area contributed by atoms with Crippen LogP contribution in [0.2, 0.25) is 0 Å². The first-order valence-electron chi connectivity index (χ1n) is 5.82. The van der Waals surface area contributed by atoms with Crippen molar-refractivity contribution < 1.29 is 13.9 Å². The van der Waals surface area contributed by atoms with Crippen molar-refractivity contribution in [3.05, 3.63) is 59.4 Å². The highest BCUT2D eigenvalue weighted by Crippen LogP contribution is 2.21. The van der Waals surface area contributed by atoms with Gasteiger partial charge in [-0.15, -0.1) is 0 Å². The maximum absolute atomic E-state index is 13.2. The second-order valence-electron chi connectivity index (χ2n) is 4.14. The van der Waals surface area contributed by atoms with Crippen LogP contribution >= 0.6 is 0 Å². The molecule has 2 aromatic carbocycles. The fourth-order valence-corrected chi connectivity index (χ4v) is 1.89. The number of methoxy groups -OCH3 is 1. The molecule has 0 aliphatic carbocycles. The van der Waals surface area contributed by atoms with Crippen molar-refractivity contribution in [1.29, 1.82) is 0 Å². The van der Waals surface area contributed by atoms with E-state index in [4.69, 9.17) is 10.5 Å². The van der Waals surface area contributed by atoms with E-state index in [2.05, 4.69) is 0 Å². The zero-order valence-corrected chi connectivity index (χ0v) is 10.5. The second-order valence-corrected chi connectivity index (χ2v) is 4.14. The summed E-state index contributed by atoms with van der Waals surface area (Å²) in [6.07, 6.45) is 0.123. The predicted molar refractivity (Wildman–Crippen MR) is 71.8 cm³/mol. The molecule has 0 aromatic heterocycles. The SMILES string of the molecule is COc1ccccc1CC(=O)c1cc(F)ccc1N. The first-order chi connectivity index (χ1) is 9.11. The minimum absolute atomic E-state index is 0.123. The number of Topliss-reactive ketones (excluding diaryl/α,β-unsaturated/α-hetero) is 1. The van der Waals surface area contributed by atoms with Gasteiger partial charge in [0.05, 0.1) is 7.11 Å². The monoisotopic (exact) mass is 259 g/mol. The molecular formula is C15H14FNO2. The number of ether oxygens (including phenoxy) is 1. The van der Waals surface area contributed by atoms with E-state index < -0.39 is 5.82 Å². The zero-order valence-electron chi connectivity index (χ0n) is 10.5. The smallest absolute Gasteiger partial charge is 0.169 e. The molecule has 0 spiro atoms. The maximum atomic E-state index is 13.2. The number of para-hydroxylation sites is 1. The molecule has 3 nitrogen and oxygen atoms in total. The van der Waals surface area contributed by atoms with E-state index >= 15 is 0 Å². The quantitative estimate of drug-likeness (QED) is 0.678. The lowest BCUT2D eigenvalue weighted by Gasteiger charge is -2.08. The number of anilines is 1. The van der Waals surface area contributed by atoms with E-state index in [-0.39, 0.29) is 23.5 Å². The van der Waals surface area contributed by atoms with Gasteiger partial charge in [-0.1, -0.05) is 18.2 Å². The molecule has 0 saturated heterocycles. The van der Waals surface area contributed by atoms with Crippen LogP contribution in [-0.4, -0.2) is 12.9 Å². The number of nitrogen functional groups attached to an aromatic ring is 1. The van der Waals surface area contributed by atoms with Crippen molar-refractivity contribution in [2.24, 2.45) is 0 Å². The molecule has 0 fully saturated rings. The van der Waals surface area contributed by atoms with Crippen LogP contribution in [0.1, 0.15) is 15.9 Å². The Balaban J connectivity index is 2.28. The molecule has 2 N–H and O–H groups in total. The molecule has 2 rings (SSSR count). The van der Waals surface area contributed by atoms with Crippen LogP contribution in [0.5, 0.6) is 5.75 Å². The van der Waals surface area contributed by atoms with Gasteiger partial charge in [0.2, 0.25) is 0 Å². The number of hydrogen-bond donors (Lipinski definition) is 1. The number of carbonyl (C=O) groups excluding carboxylic acids is 1. The highest BCUT2D eigenvalue weighted by atomic mass is 19.1. The van der Waals surface area contributed by atoms with Gasteiger partial charge in [0.25, 0.3) is 0 Å². The average molecular weight is 259 g/mol. The number of hydrogen-bond acceptors (Lipinski definition) is 3. The predicted octanol–water partition coefficient (Wildman–Crippen LogP) is 2.84. The normalized spacial score (nSPS) is 10.2. The molecule has 0 heterocycles. The third kappa shape index (κ3) is 2.91. The number of rotatable bonds is 4. The van der Waals surface area contributed by atoms with Gasteiger partial charge in [-0.2, -0.15) is 0 Å². The van der Waals surface area contributed by atoms with Gasteiger partial charge in [-0.05, 0) is 24.3 Å². The van der Waals surface area contributed by atoms with E-state index in [1.165, 1.54) is 12.1 Å². The molecule has 4 heteroatoms. The molecule has 2 aromatic rings. The number of carbonyl (C=O) groups is 1. The summed E-state index contributed by atoms with van der Waals surface area (Å²) in [5, 5.41) is 0. The summed E-state index contributed by atoms with van der Waals surface area (Å²) >= 11 is 0. The van der Waals surface area contributed by atoms with E-state index in [1.54, 1.807) is 19.2 Å². The van der Waals surface area contributed by atoms with Gasteiger partial charge in [0, 0.05) is 23.2 Å². The Hall–Kier alpha value is -2.36. The molecule has 19 heavy (non-hydrogen) atoms. The summed E-state index contributed by atoms with van der Waals surface area (Å²) in [6.45, 7) is 0. The number of ketones is 1. The molecule has 0 atom stereocenters. The molecule has 0 bridgehead atoms. The number of benzene rings is 2. The lowest BCUT2D eigenvalue weighted by atomic mass is 10.0. The van der Waals surface area contributed by atoms with E-state index in [0.29, 0.717) is 5.75 Å². The lowest BCUT2D eigenvalue weighted by molar-refractivity contribution is 0.0992. The van der Waals surface area contributed by atoms with Crippen molar-refractivity contribution in [2.75, 3.05) is 12.8 Å². The Morgan fingerprint density at radius 2 is 2.00 bits per heavy atom. The fraction of sp³-hybridized carbons (Fsp3) is 0.133. The Labute approximate surface area is 110 Å². The average Bonchev–Trinajstić information content (AvgIpc) is 2.42. The van der Waals surface area contributed by atoms with E-state index in [9.17, 15) is 9.18 Å². The van der Waals surface area contributed by atoms with Crippen LogP contribution in [0.4, 0.5) is 10.1 Å². The van der Waals surface area contributed by atoms with Crippen LogP contribution in [0, 0.1) is 5.82 Å². The van der Waals surface area contributed by atoms with Crippen LogP contribution in [0.15, 0.2) is 42.5 Å². The van der Waals surface area contributed by atoms with Crippen LogP contribution < -0.4 is 10.5 Å². The molecule has 98 valence electrons. The highest BCUT2D eigenvalue weighted by molar-refractivity contribution is 6.02. The summed E-state index contributed by atoms with van der Waals surface area (Å²) in [5.41, 5.74) is 6.92. The zero-order chi connectivity index (χ0) is 13.8. The molecule has 0 unspecified atom stereocenters. The maximum Gasteiger partial charge on any atom is 0.169 e. The van der Waals surface area contributed by atoms with E-state index in [0.717, 1.165) is 11.6 Å². The number of halogens is 1.